The molecule has 0 radical (unpaired) electrons. The third kappa shape index (κ3) is 2.65. The normalized spacial score (nSPS) is 19.1. The predicted molar refractivity (Wildman–Crippen MR) is 67.6 cm³/mol. The van der Waals surface area contributed by atoms with Gasteiger partial charge in [-0.25, -0.2) is 4.68 Å². The van der Waals surface area contributed by atoms with E-state index in [9.17, 15) is 0 Å². The number of rotatable bonds is 5. The van der Waals surface area contributed by atoms with Gasteiger partial charge < -0.3 is 9.30 Å². The predicted octanol–water partition coefficient (Wildman–Crippen LogP) is 0.832. The lowest BCUT2D eigenvalue weighted by atomic mass is 10.1. The summed E-state index contributed by atoms with van der Waals surface area (Å²) in [5, 5.41) is 16.5. The first kappa shape index (κ1) is 12.3. The highest BCUT2D eigenvalue weighted by Gasteiger charge is 2.21. The molecule has 102 valence electrons. The van der Waals surface area contributed by atoms with Crippen LogP contribution in [0.15, 0.2) is 12.5 Å². The summed E-state index contributed by atoms with van der Waals surface area (Å²) in [7, 11) is 0. The van der Waals surface area contributed by atoms with Crippen molar-refractivity contribution in [2.24, 2.45) is 0 Å². The molecule has 1 fully saturated rings. The minimum atomic E-state index is 0.391. The molecule has 3 heterocycles. The minimum absolute atomic E-state index is 0.391. The van der Waals surface area contributed by atoms with E-state index >= 15 is 0 Å². The lowest BCUT2D eigenvalue weighted by Gasteiger charge is -2.04. The van der Waals surface area contributed by atoms with Crippen molar-refractivity contribution in [2.75, 3.05) is 13.2 Å². The van der Waals surface area contributed by atoms with Crippen molar-refractivity contribution in [2.45, 2.75) is 38.8 Å². The SMILES string of the molecule is CCCn1cnnc1Cn1cc([C@@H]2CCOC2)nn1. The molecule has 1 aliphatic heterocycles. The first-order chi connectivity index (χ1) is 9.36. The van der Waals surface area contributed by atoms with Gasteiger partial charge in [-0.3, -0.25) is 0 Å². The van der Waals surface area contributed by atoms with Crippen molar-refractivity contribution >= 4 is 0 Å². The summed E-state index contributed by atoms with van der Waals surface area (Å²) in [6.07, 6.45) is 5.85. The second-order valence-corrected chi connectivity index (χ2v) is 4.84. The third-order valence-electron chi connectivity index (χ3n) is 3.37. The van der Waals surface area contributed by atoms with Gasteiger partial charge in [-0.15, -0.1) is 15.3 Å². The van der Waals surface area contributed by atoms with E-state index in [-0.39, 0.29) is 0 Å². The first-order valence-electron chi connectivity index (χ1n) is 6.71. The van der Waals surface area contributed by atoms with Gasteiger partial charge in [0.2, 0.25) is 0 Å². The van der Waals surface area contributed by atoms with Crippen LogP contribution < -0.4 is 0 Å². The van der Waals surface area contributed by atoms with Gasteiger partial charge >= 0.3 is 0 Å². The molecule has 1 aliphatic rings. The summed E-state index contributed by atoms with van der Waals surface area (Å²) >= 11 is 0. The van der Waals surface area contributed by atoms with E-state index in [0.29, 0.717) is 12.5 Å². The molecule has 0 unspecified atom stereocenters. The maximum atomic E-state index is 5.37. The van der Waals surface area contributed by atoms with Gasteiger partial charge in [0.15, 0.2) is 5.82 Å². The van der Waals surface area contributed by atoms with E-state index < -0.39 is 0 Å². The molecule has 2 aromatic heterocycles. The summed E-state index contributed by atoms with van der Waals surface area (Å²) in [5.41, 5.74) is 1.01. The molecule has 19 heavy (non-hydrogen) atoms. The number of ether oxygens (including phenoxy) is 1. The highest BCUT2D eigenvalue weighted by Crippen LogP contribution is 2.22. The van der Waals surface area contributed by atoms with Gasteiger partial charge in [0, 0.05) is 25.3 Å². The van der Waals surface area contributed by atoms with Crippen LogP contribution in [-0.2, 0) is 17.8 Å². The monoisotopic (exact) mass is 262 g/mol. The Morgan fingerprint density at radius 2 is 2.37 bits per heavy atom. The lowest BCUT2D eigenvalue weighted by molar-refractivity contribution is 0.193. The summed E-state index contributed by atoms with van der Waals surface area (Å²) in [6, 6.07) is 0. The molecular weight excluding hydrogens is 244 g/mol. The summed E-state index contributed by atoms with van der Waals surface area (Å²) < 4.78 is 9.25. The van der Waals surface area contributed by atoms with Crippen molar-refractivity contribution in [3.8, 4) is 0 Å². The van der Waals surface area contributed by atoms with Gasteiger partial charge in [-0.2, -0.15) is 0 Å². The van der Waals surface area contributed by atoms with Gasteiger partial charge in [-0.1, -0.05) is 12.1 Å². The summed E-state index contributed by atoms with van der Waals surface area (Å²) in [4.78, 5) is 0. The van der Waals surface area contributed by atoms with Crippen molar-refractivity contribution in [1.29, 1.82) is 0 Å². The molecule has 1 atom stereocenters. The average Bonchev–Trinajstić information content (AvgIpc) is 3.12. The second-order valence-electron chi connectivity index (χ2n) is 4.84. The van der Waals surface area contributed by atoms with Crippen LogP contribution in [0.2, 0.25) is 0 Å². The molecule has 0 bridgehead atoms. The fraction of sp³-hybridized carbons (Fsp3) is 0.667. The summed E-state index contributed by atoms with van der Waals surface area (Å²) in [5.74, 6) is 1.31. The largest absolute Gasteiger partial charge is 0.381 e. The van der Waals surface area contributed by atoms with E-state index in [1.54, 1.807) is 6.33 Å². The van der Waals surface area contributed by atoms with Crippen LogP contribution in [0.5, 0.6) is 0 Å². The molecule has 7 nitrogen and oxygen atoms in total. The van der Waals surface area contributed by atoms with Crippen LogP contribution in [0.1, 0.15) is 37.2 Å². The van der Waals surface area contributed by atoms with Crippen LogP contribution in [-0.4, -0.2) is 43.0 Å². The Kier molecular flexibility index (Phi) is 3.54. The molecule has 0 aromatic carbocycles. The fourth-order valence-corrected chi connectivity index (χ4v) is 2.32. The zero-order chi connectivity index (χ0) is 13.1. The highest BCUT2D eigenvalue weighted by molar-refractivity contribution is 5.04. The number of hydrogen-bond acceptors (Lipinski definition) is 5. The Balaban J connectivity index is 1.70. The minimum Gasteiger partial charge on any atom is -0.381 e. The van der Waals surface area contributed by atoms with Crippen molar-refractivity contribution in [1.82, 2.24) is 29.8 Å². The molecule has 0 saturated carbocycles. The smallest absolute Gasteiger partial charge is 0.154 e. The Hall–Kier alpha value is -1.76. The van der Waals surface area contributed by atoms with Crippen molar-refractivity contribution < 1.29 is 4.74 Å². The summed E-state index contributed by atoms with van der Waals surface area (Å²) in [6.45, 7) is 5.26. The number of aromatic nitrogens is 6. The molecular formula is C12H18N6O. The molecule has 2 aromatic rings. The quantitative estimate of drug-likeness (QED) is 0.798. The van der Waals surface area contributed by atoms with Crippen molar-refractivity contribution in [3.05, 3.63) is 24.0 Å². The molecule has 0 amide bonds. The molecule has 7 heteroatoms. The topological polar surface area (TPSA) is 70.7 Å². The van der Waals surface area contributed by atoms with Gasteiger partial charge in [0.25, 0.3) is 0 Å². The van der Waals surface area contributed by atoms with Crippen molar-refractivity contribution in [3.63, 3.8) is 0 Å². The van der Waals surface area contributed by atoms with Gasteiger partial charge in [0.1, 0.15) is 12.9 Å². The van der Waals surface area contributed by atoms with Gasteiger partial charge in [-0.05, 0) is 12.8 Å². The van der Waals surface area contributed by atoms with Gasteiger partial charge in [0.05, 0.1) is 12.3 Å². The zero-order valence-electron chi connectivity index (χ0n) is 11.1. The van der Waals surface area contributed by atoms with E-state index in [4.69, 9.17) is 4.74 Å². The molecule has 1 saturated heterocycles. The molecule has 0 aliphatic carbocycles. The Morgan fingerprint density at radius 1 is 1.42 bits per heavy atom. The maximum Gasteiger partial charge on any atom is 0.154 e. The zero-order valence-corrected chi connectivity index (χ0v) is 11.1. The van der Waals surface area contributed by atoms with Crippen LogP contribution >= 0.6 is 0 Å². The maximum absolute atomic E-state index is 5.37. The van der Waals surface area contributed by atoms with Crippen LogP contribution in [0.4, 0.5) is 0 Å². The highest BCUT2D eigenvalue weighted by atomic mass is 16.5. The number of hydrogen-bond donors (Lipinski definition) is 0. The standard InChI is InChI=1S/C12H18N6O/c1-2-4-17-9-13-15-12(17)7-18-6-11(14-16-18)10-3-5-19-8-10/h6,9-10H,2-5,7-8H2,1H3/t10-/m1/s1. The Labute approximate surface area is 111 Å². The number of nitrogens with zero attached hydrogens (tertiary/aromatic N) is 6. The second kappa shape index (κ2) is 5.48. The Bertz CT molecular complexity index is 528. The fourth-order valence-electron chi connectivity index (χ4n) is 2.32. The van der Waals surface area contributed by atoms with E-state index in [0.717, 1.165) is 44.1 Å². The van der Waals surface area contributed by atoms with E-state index in [1.807, 2.05) is 10.9 Å². The number of aryl methyl sites for hydroxylation is 1. The van der Waals surface area contributed by atoms with Crippen LogP contribution in [0.25, 0.3) is 0 Å². The lowest BCUT2D eigenvalue weighted by Crippen LogP contribution is -2.09. The van der Waals surface area contributed by atoms with E-state index in [1.165, 1.54) is 0 Å². The van der Waals surface area contributed by atoms with E-state index in [2.05, 4.69) is 32.0 Å². The average molecular weight is 262 g/mol. The van der Waals surface area contributed by atoms with Crippen LogP contribution in [0.3, 0.4) is 0 Å². The molecule has 0 spiro atoms. The molecule has 3 rings (SSSR count). The van der Waals surface area contributed by atoms with Crippen LogP contribution in [0, 0.1) is 0 Å². The molecule has 0 N–H and O–H groups in total. The Morgan fingerprint density at radius 3 is 3.16 bits per heavy atom. The first-order valence-corrected chi connectivity index (χ1v) is 6.71. The third-order valence-corrected chi connectivity index (χ3v) is 3.37.